The summed E-state index contributed by atoms with van der Waals surface area (Å²) in [4.78, 5) is 9.53. The zero-order chi connectivity index (χ0) is 18.6. The van der Waals surface area contributed by atoms with E-state index in [4.69, 9.17) is 0 Å². The van der Waals surface area contributed by atoms with E-state index in [-0.39, 0.29) is 0 Å². The normalized spacial score (nSPS) is 16.9. The molecule has 0 atom stereocenters. The number of aromatic nitrogens is 1. The van der Waals surface area contributed by atoms with Gasteiger partial charge in [0.25, 0.3) is 0 Å². The Hall–Kier alpha value is -1.80. The van der Waals surface area contributed by atoms with Crippen LogP contribution in [0.3, 0.4) is 0 Å². The van der Waals surface area contributed by atoms with Crippen molar-refractivity contribution in [1.82, 2.24) is 19.1 Å². The first-order valence-electron chi connectivity index (χ1n) is 8.81. The summed E-state index contributed by atoms with van der Waals surface area (Å²) in [7, 11) is -0.267. The van der Waals surface area contributed by atoms with Crippen molar-refractivity contribution >= 4 is 10.0 Å². The van der Waals surface area contributed by atoms with Gasteiger partial charge in [0.05, 0.1) is 10.6 Å². The summed E-state index contributed by atoms with van der Waals surface area (Å²) in [5.74, 6) is 0. The van der Waals surface area contributed by atoms with Crippen LogP contribution in [0, 0.1) is 0 Å². The second-order valence-corrected chi connectivity index (χ2v) is 8.96. The van der Waals surface area contributed by atoms with Gasteiger partial charge < -0.3 is 0 Å². The van der Waals surface area contributed by atoms with E-state index < -0.39 is 10.0 Å². The maximum atomic E-state index is 12.3. The van der Waals surface area contributed by atoms with Gasteiger partial charge in [-0.1, -0.05) is 18.2 Å². The number of sulfonamides is 1. The Morgan fingerprint density at radius 3 is 2.27 bits per heavy atom. The first kappa shape index (κ1) is 19.0. The molecule has 0 spiro atoms. The van der Waals surface area contributed by atoms with Gasteiger partial charge in [-0.25, -0.2) is 12.7 Å². The highest BCUT2D eigenvalue weighted by Crippen LogP contribution is 2.17. The van der Waals surface area contributed by atoms with E-state index in [0.29, 0.717) is 4.90 Å². The second kappa shape index (κ2) is 8.26. The highest BCUT2D eigenvalue weighted by atomic mass is 32.2. The number of piperazine rings is 1. The van der Waals surface area contributed by atoms with E-state index >= 15 is 0 Å². The van der Waals surface area contributed by atoms with Crippen LogP contribution in [0.4, 0.5) is 0 Å². The third kappa shape index (κ3) is 4.67. The van der Waals surface area contributed by atoms with E-state index in [1.54, 1.807) is 26.2 Å². The van der Waals surface area contributed by atoms with Gasteiger partial charge in [-0.05, 0) is 29.8 Å². The van der Waals surface area contributed by atoms with Crippen LogP contribution in [-0.4, -0.2) is 67.8 Å². The molecule has 1 fully saturated rings. The quantitative estimate of drug-likeness (QED) is 0.770. The SMILES string of the molecule is CN(C)S(=O)(=O)c1cccc(CN2CCN(Cc3ccccn3)CC2)c1. The minimum absolute atomic E-state index is 0.355. The molecule has 6 nitrogen and oxygen atoms in total. The predicted octanol–water partition coefficient (Wildman–Crippen LogP) is 1.65. The van der Waals surface area contributed by atoms with E-state index in [1.807, 2.05) is 30.5 Å². The van der Waals surface area contributed by atoms with Crippen LogP contribution in [0.2, 0.25) is 0 Å². The summed E-state index contributed by atoms with van der Waals surface area (Å²) in [6.07, 6.45) is 1.83. The summed E-state index contributed by atoms with van der Waals surface area (Å²) < 4.78 is 25.8. The van der Waals surface area contributed by atoms with Gasteiger partial charge in [-0.15, -0.1) is 0 Å². The highest BCUT2D eigenvalue weighted by molar-refractivity contribution is 7.89. The number of hydrogen-bond acceptors (Lipinski definition) is 5. The van der Waals surface area contributed by atoms with Crippen molar-refractivity contribution < 1.29 is 8.42 Å². The van der Waals surface area contributed by atoms with Gasteiger partial charge in [0.15, 0.2) is 0 Å². The Balaban J connectivity index is 1.56. The monoisotopic (exact) mass is 374 g/mol. The number of rotatable bonds is 6. The standard InChI is InChI=1S/C19H26N4O2S/c1-21(2)26(24,25)19-8-5-6-17(14-19)15-22-10-12-23(13-11-22)16-18-7-3-4-9-20-18/h3-9,14H,10-13,15-16H2,1-2H3. The van der Waals surface area contributed by atoms with Crippen LogP contribution >= 0.6 is 0 Å². The molecule has 1 aromatic heterocycles. The zero-order valence-electron chi connectivity index (χ0n) is 15.4. The molecule has 26 heavy (non-hydrogen) atoms. The number of nitrogens with zero attached hydrogens (tertiary/aromatic N) is 4. The summed E-state index contributed by atoms with van der Waals surface area (Å²) in [5, 5.41) is 0. The van der Waals surface area contributed by atoms with Crippen molar-refractivity contribution in [2.24, 2.45) is 0 Å². The minimum atomic E-state index is -3.38. The van der Waals surface area contributed by atoms with Crippen LogP contribution in [-0.2, 0) is 23.1 Å². The van der Waals surface area contributed by atoms with E-state index in [1.165, 1.54) is 4.31 Å². The molecule has 1 aliphatic heterocycles. The van der Waals surface area contributed by atoms with E-state index in [9.17, 15) is 8.42 Å². The lowest BCUT2D eigenvalue weighted by molar-refractivity contribution is 0.121. The first-order chi connectivity index (χ1) is 12.4. The van der Waals surface area contributed by atoms with E-state index in [0.717, 1.165) is 50.5 Å². The molecular formula is C19H26N4O2S. The van der Waals surface area contributed by atoms with Gasteiger partial charge in [0.2, 0.25) is 10.0 Å². The molecule has 0 bridgehead atoms. The predicted molar refractivity (Wildman–Crippen MR) is 102 cm³/mol. The van der Waals surface area contributed by atoms with Crippen molar-refractivity contribution in [3.63, 3.8) is 0 Å². The zero-order valence-corrected chi connectivity index (χ0v) is 16.2. The Morgan fingerprint density at radius 1 is 0.962 bits per heavy atom. The molecule has 0 aliphatic carbocycles. The molecule has 0 radical (unpaired) electrons. The fourth-order valence-electron chi connectivity index (χ4n) is 3.10. The molecule has 1 aliphatic rings. The largest absolute Gasteiger partial charge is 0.297 e. The molecule has 2 heterocycles. The molecular weight excluding hydrogens is 348 g/mol. The molecule has 0 saturated carbocycles. The second-order valence-electron chi connectivity index (χ2n) is 6.81. The fourth-order valence-corrected chi connectivity index (χ4v) is 4.07. The number of pyridine rings is 1. The molecule has 2 aromatic rings. The van der Waals surface area contributed by atoms with Gasteiger partial charge in [-0.3, -0.25) is 14.8 Å². The van der Waals surface area contributed by atoms with Crippen LogP contribution in [0.25, 0.3) is 0 Å². The summed E-state index contributed by atoms with van der Waals surface area (Å²) >= 11 is 0. The molecule has 0 amide bonds. The van der Waals surface area contributed by atoms with Crippen molar-refractivity contribution in [2.75, 3.05) is 40.3 Å². The van der Waals surface area contributed by atoms with Gasteiger partial charge >= 0.3 is 0 Å². The lowest BCUT2D eigenvalue weighted by Gasteiger charge is -2.34. The topological polar surface area (TPSA) is 56.8 Å². The minimum Gasteiger partial charge on any atom is -0.297 e. The van der Waals surface area contributed by atoms with Crippen molar-refractivity contribution in [2.45, 2.75) is 18.0 Å². The fraction of sp³-hybridized carbons (Fsp3) is 0.421. The molecule has 0 N–H and O–H groups in total. The average molecular weight is 375 g/mol. The summed E-state index contributed by atoms with van der Waals surface area (Å²) in [6.45, 7) is 5.58. The lowest BCUT2D eigenvalue weighted by atomic mass is 10.2. The number of benzene rings is 1. The van der Waals surface area contributed by atoms with Gasteiger partial charge in [0.1, 0.15) is 0 Å². The third-order valence-corrected chi connectivity index (χ3v) is 6.47. The van der Waals surface area contributed by atoms with Crippen molar-refractivity contribution in [3.8, 4) is 0 Å². The first-order valence-corrected chi connectivity index (χ1v) is 10.3. The Bertz CT molecular complexity index is 816. The highest BCUT2D eigenvalue weighted by Gasteiger charge is 2.20. The van der Waals surface area contributed by atoms with Crippen molar-refractivity contribution in [3.05, 3.63) is 59.9 Å². The Morgan fingerprint density at radius 2 is 1.65 bits per heavy atom. The van der Waals surface area contributed by atoms with E-state index in [2.05, 4.69) is 20.9 Å². The summed E-state index contributed by atoms with van der Waals surface area (Å²) in [6, 6.07) is 13.3. The maximum Gasteiger partial charge on any atom is 0.242 e. The third-order valence-electron chi connectivity index (χ3n) is 4.66. The van der Waals surface area contributed by atoms with Gasteiger partial charge in [-0.2, -0.15) is 0 Å². The lowest BCUT2D eigenvalue weighted by Crippen LogP contribution is -2.45. The maximum absolute atomic E-state index is 12.3. The summed E-state index contributed by atoms with van der Waals surface area (Å²) in [5.41, 5.74) is 2.13. The smallest absolute Gasteiger partial charge is 0.242 e. The molecule has 0 unspecified atom stereocenters. The number of hydrogen-bond donors (Lipinski definition) is 0. The van der Waals surface area contributed by atoms with Crippen LogP contribution in [0.1, 0.15) is 11.3 Å². The van der Waals surface area contributed by atoms with Crippen molar-refractivity contribution in [1.29, 1.82) is 0 Å². The van der Waals surface area contributed by atoms with Crippen LogP contribution in [0.15, 0.2) is 53.6 Å². The molecule has 7 heteroatoms. The average Bonchev–Trinajstić information content (AvgIpc) is 2.64. The molecule has 1 aromatic carbocycles. The molecule has 140 valence electrons. The van der Waals surface area contributed by atoms with Crippen LogP contribution in [0.5, 0.6) is 0 Å². The molecule has 3 rings (SSSR count). The van der Waals surface area contributed by atoms with Gasteiger partial charge in [0, 0.05) is 59.6 Å². The molecule has 1 saturated heterocycles. The Kier molecular flexibility index (Phi) is 6.03. The Labute approximate surface area is 156 Å². The van der Waals surface area contributed by atoms with Crippen LogP contribution < -0.4 is 0 Å².